The molecule has 2 atom stereocenters. The monoisotopic (exact) mass is 760 g/mol. The minimum absolute atomic E-state index is 0.0300. The maximum Gasteiger partial charge on any atom is 0.326 e. The molecule has 3 N–H and O–H groups in total. The Balaban J connectivity index is 1.21. The number of carbonyl (C=O) groups is 1. The minimum Gasteiger partial charge on any atom is -0.492 e. The molecule has 1 aromatic heterocycles. The summed E-state index contributed by atoms with van der Waals surface area (Å²) in [5, 5.41) is 32.5. The molecule has 1 aliphatic carbocycles. The number of aromatic nitrogens is 1. The van der Waals surface area contributed by atoms with Crippen LogP contribution < -0.4 is 19.5 Å². The third kappa shape index (κ3) is 9.22. The van der Waals surface area contributed by atoms with Crippen LogP contribution in [0.1, 0.15) is 53.7 Å². The number of fused-ring (bicyclic) bond motifs is 1. The van der Waals surface area contributed by atoms with Crippen LogP contribution in [-0.4, -0.2) is 77.7 Å². The van der Waals surface area contributed by atoms with E-state index in [1.54, 1.807) is 24.4 Å². The largest absolute Gasteiger partial charge is 0.492 e. The van der Waals surface area contributed by atoms with Crippen molar-refractivity contribution < 1.29 is 34.0 Å². The van der Waals surface area contributed by atoms with Crippen molar-refractivity contribution in [1.29, 1.82) is 5.26 Å². The van der Waals surface area contributed by atoms with E-state index < -0.39 is 18.1 Å². The quantitative estimate of drug-likeness (QED) is 0.106. The van der Waals surface area contributed by atoms with Gasteiger partial charge in [-0.2, -0.15) is 5.26 Å². The van der Waals surface area contributed by atoms with Crippen LogP contribution in [-0.2, 0) is 29.1 Å². The summed E-state index contributed by atoms with van der Waals surface area (Å²) in [7, 11) is 0. The van der Waals surface area contributed by atoms with Gasteiger partial charge in [0, 0.05) is 61.3 Å². The van der Waals surface area contributed by atoms with Crippen molar-refractivity contribution >= 4 is 29.2 Å². The number of aliphatic carboxylic acids is 1. The van der Waals surface area contributed by atoms with Crippen LogP contribution in [0.5, 0.6) is 17.2 Å². The molecule has 6 rings (SSSR count). The molecule has 2 aliphatic rings. The summed E-state index contributed by atoms with van der Waals surface area (Å²) in [5.74, 6) is 0.241. The first-order chi connectivity index (χ1) is 25.7. The summed E-state index contributed by atoms with van der Waals surface area (Å²) in [6.45, 7) is 5.83. The standard InChI is InChI=1S/C40H42Cl2N4O7/c1-40(25-47,39(48)49)45-23-28-18-33(41)37(19-36(28)52-24-27-17-26(20-43)21-44-22-27)53-34-10-9-30-29(5-2-6-31(30)34)32-7-3-8-35(38(32)42)51-14-4-11-46-12-15-50-16-13-46/h2-3,5-8,17-19,21-22,34,45,47H,4,9-16,23-25H2,1H3,(H,48,49)/t34-,40?/m0/s1. The summed E-state index contributed by atoms with van der Waals surface area (Å²) in [6.07, 6.45) is 5.12. The van der Waals surface area contributed by atoms with Crippen molar-refractivity contribution in [3.05, 3.63) is 105 Å². The molecule has 11 nitrogen and oxygen atoms in total. The Morgan fingerprint density at radius 3 is 2.64 bits per heavy atom. The topological polar surface area (TPSA) is 146 Å². The zero-order valence-corrected chi connectivity index (χ0v) is 31.0. The van der Waals surface area contributed by atoms with E-state index in [9.17, 15) is 20.3 Å². The third-order valence-corrected chi connectivity index (χ3v) is 10.3. The summed E-state index contributed by atoms with van der Waals surface area (Å²) >= 11 is 13.8. The summed E-state index contributed by atoms with van der Waals surface area (Å²) < 4.78 is 24.4. The average molecular weight is 762 g/mol. The molecule has 1 fully saturated rings. The van der Waals surface area contributed by atoms with E-state index in [1.165, 1.54) is 13.1 Å². The summed E-state index contributed by atoms with van der Waals surface area (Å²) in [6, 6.07) is 19.1. The predicted octanol–water partition coefficient (Wildman–Crippen LogP) is 6.60. The van der Waals surface area contributed by atoms with Crippen LogP contribution in [0, 0.1) is 11.3 Å². The van der Waals surface area contributed by atoms with Crippen molar-refractivity contribution in [3.63, 3.8) is 0 Å². The lowest BCUT2D eigenvalue weighted by Crippen LogP contribution is -2.52. The van der Waals surface area contributed by atoms with E-state index in [0.29, 0.717) is 57.0 Å². The highest BCUT2D eigenvalue weighted by Crippen LogP contribution is 2.45. The van der Waals surface area contributed by atoms with Crippen molar-refractivity contribution in [3.8, 4) is 34.4 Å². The molecule has 4 aromatic rings. The van der Waals surface area contributed by atoms with Gasteiger partial charge in [0.05, 0.1) is 42.0 Å². The number of morpholine rings is 1. The Bertz CT molecular complexity index is 1970. The van der Waals surface area contributed by atoms with Crippen molar-refractivity contribution in [2.75, 3.05) is 46.1 Å². The molecule has 53 heavy (non-hydrogen) atoms. The van der Waals surface area contributed by atoms with Gasteiger partial charge >= 0.3 is 5.97 Å². The fraction of sp³-hybridized carbons (Fsp3) is 0.375. The molecule has 0 spiro atoms. The van der Waals surface area contributed by atoms with Gasteiger partial charge in [-0.25, -0.2) is 0 Å². The lowest BCUT2D eigenvalue weighted by Gasteiger charge is -2.26. The van der Waals surface area contributed by atoms with Crippen molar-refractivity contribution in [2.45, 2.75) is 51.0 Å². The van der Waals surface area contributed by atoms with Gasteiger partial charge < -0.3 is 29.2 Å². The second-order valence-corrected chi connectivity index (χ2v) is 14.1. The molecule has 0 amide bonds. The number of rotatable bonds is 16. The van der Waals surface area contributed by atoms with Crippen LogP contribution in [0.15, 0.2) is 67.0 Å². The number of carboxylic acids is 1. The lowest BCUT2D eigenvalue weighted by molar-refractivity contribution is -0.145. The number of pyridine rings is 1. The number of nitrogens with zero attached hydrogens (tertiary/aromatic N) is 3. The van der Waals surface area contributed by atoms with Gasteiger partial charge in [0.25, 0.3) is 0 Å². The molecule has 1 aliphatic heterocycles. The highest BCUT2D eigenvalue weighted by Gasteiger charge is 2.33. The maximum atomic E-state index is 11.8. The van der Waals surface area contributed by atoms with Gasteiger partial charge in [-0.3, -0.25) is 20.0 Å². The Hall–Kier alpha value is -4.41. The molecule has 13 heteroatoms. The number of nitrogens with one attached hydrogen (secondary N) is 1. The highest BCUT2D eigenvalue weighted by molar-refractivity contribution is 6.35. The molecule has 2 heterocycles. The lowest BCUT2D eigenvalue weighted by atomic mass is 9.96. The van der Waals surface area contributed by atoms with Gasteiger partial charge in [-0.15, -0.1) is 0 Å². The summed E-state index contributed by atoms with van der Waals surface area (Å²) in [5.41, 5.74) is 4.11. The first-order valence-electron chi connectivity index (χ1n) is 17.6. The first kappa shape index (κ1) is 38.3. The molecule has 1 saturated heterocycles. The van der Waals surface area contributed by atoms with Crippen LogP contribution in [0.4, 0.5) is 0 Å². The van der Waals surface area contributed by atoms with Gasteiger partial charge in [-0.05, 0) is 61.1 Å². The zero-order valence-electron chi connectivity index (χ0n) is 29.4. The number of hydrogen-bond donors (Lipinski definition) is 3. The normalized spacial score (nSPS) is 16.7. The number of aliphatic hydroxyl groups is 1. The maximum absolute atomic E-state index is 11.8. The number of benzene rings is 3. The van der Waals surface area contributed by atoms with Crippen LogP contribution in [0.25, 0.3) is 11.1 Å². The molecule has 0 bridgehead atoms. The number of hydrogen-bond acceptors (Lipinski definition) is 10. The molecule has 0 radical (unpaired) electrons. The second-order valence-electron chi connectivity index (χ2n) is 13.3. The Morgan fingerprint density at radius 1 is 1.08 bits per heavy atom. The molecular weight excluding hydrogens is 719 g/mol. The summed E-state index contributed by atoms with van der Waals surface area (Å²) in [4.78, 5) is 18.3. The molecule has 278 valence electrons. The highest BCUT2D eigenvalue weighted by atomic mass is 35.5. The van der Waals surface area contributed by atoms with Crippen LogP contribution in [0.2, 0.25) is 10.0 Å². The number of carboxylic acid groups (broad SMARTS) is 1. The van der Waals surface area contributed by atoms with E-state index in [1.807, 2.05) is 24.3 Å². The number of aliphatic hydroxyl groups excluding tert-OH is 1. The van der Waals surface area contributed by atoms with Crippen molar-refractivity contribution in [1.82, 2.24) is 15.2 Å². The number of nitriles is 1. The van der Waals surface area contributed by atoms with E-state index in [4.69, 9.17) is 42.1 Å². The van der Waals surface area contributed by atoms with Gasteiger partial charge in [0.15, 0.2) is 0 Å². The zero-order chi connectivity index (χ0) is 37.4. The van der Waals surface area contributed by atoms with Crippen LogP contribution >= 0.6 is 23.2 Å². The van der Waals surface area contributed by atoms with Crippen molar-refractivity contribution in [2.24, 2.45) is 0 Å². The van der Waals surface area contributed by atoms with Gasteiger partial charge in [0.1, 0.15) is 41.6 Å². The molecular formula is C40H42Cl2N4O7. The fourth-order valence-corrected chi connectivity index (χ4v) is 7.00. The first-order valence-corrected chi connectivity index (χ1v) is 18.3. The predicted molar refractivity (Wildman–Crippen MR) is 201 cm³/mol. The van der Waals surface area contributed by atoms with E-state index in [0.717, 1.165) is 67.9 Å². The smallest absolute Gasteiger partial charge is 0.326 e. The van der Waals surface area contributed by atoms with Crippen LogP contribution in [0.3, 0.4) is 0 Å². The fourth-order valence-electron chi connectivity index (χ4n) is 6.49. The number of ether oxygens (including phenoxy) is 4. The third-order valence-electron chi connectivity index (χ3n) is 9.61. The Labute approximate surface area is 319 Å². The van der Waals surface area contributed by atoms with E-state index >= 15 is 0 Å². The second kappa shape index (κ2) is 17.6. The Kier molecular flexibility index (Phi) is 12.7. The molecule has 3 aromatic carbocycles. The molecule has 1 unspecified atom stereocenters. The minimum atomic E-state index is -1.59. The SMILES string of the molecule is CC(CO)(NCc1cc(Cl)c(O[C@H]2CCc3c(-c4cccc(OCCCN5CCOCC5)c4Cl)cccc32)cc1OCc1cncc(C#N)c1)C(=O)O. The average Bonchev–Trinajstić information content (AvgIpc) is 3.59. The van der Waals surface area contributed by atoms with Gasteiger partial charge in [-0.1, -0.05) is 53.5 Å². The van der Waals surface area contributed by atoms with Gasteiger partial charge in [0.2, 0.25) is 0 Å². The molecule has 0 saturated carbocycles. The van der Waals surface area contributed by atoms with E-state index in [2.05, 4.69) is 33.4 Å². The Morgan fingerprint density at radius 2 is 1.87 bits per heavy atom. The van der Waals surface area contributed by atoms with E-state index in [-0.39, 0.29) is 19.3 Å². The number of halogens is 2.